The van der Waals surface area contributed by atoms with Crippen LogP contribution in [0.2, 0.25) is 0 Å². The van der Waals surface area contributed by atoms with Crippen LogP contribution in [-0.4, -0.2) is 11.1 Å². The van der Waals surface area contributed by atoms with Crippen molar-refractivity contribution < 1.29 is 9.90 Å². The van der Waals surface area contributed by atoms with Crippen LogP contribution in [-0.2, 0) is 4.79 Å². The van der Waals surface area contributed by atoms with Gasteiger partial charge in [0.2, 0.25) is 0 Å². The molecule has 0 aliphatic rings. The number of carboxylic acid groups (broad SMARTS) is 1. The second-order valence-electron chi connectivity index (χ2n) is 8.53. The molecule has 0 radical (unpaired) electrons. The molecule has 2 nitrogen and oxygen atoms in total. The smallest absolute Gasteiger partial charge is 0.303 e. The Bertz CT molecular complexity index is 384. The molecule has 1 N–H and O–H groups in total. The Kier molecular flexibility index (Phi) is 24.1. The second kappa shape index (κ2) is 25.0. The van der Waals surface area contributed by atoms with Gasteiger partial charge in [-0.25, -0.2) is 0 Å². The van der Waals surface area contributed by atoms with Gasteiger partial charge in [0.05, 0.1) is 0 Å². The molecule has 0 heterocycles. The van der Waals surface area contributed by atoms with Crippen molar-refractivity contribution in [1.29, 1.82) is 0 Å². The predicted octanol–water partition coefficient (Wildman–Crippen LogP) is 9.40. The zero-order valence-corrected chi connectivity index (χ0v) is 19.5. The van der Waals surface area contributed by atoms with Crippen molar-refractivity contribution in [2.45, 2.75) is 142 Å². The lowest BCUT2D eigenvalue weighted by atomic mass is 10.0. The molecule has 0 rings (SSSR count). The van der Waals surface area contributed by atoms with Crippen molar-refractivity contribution in [3.8, 4) is 0 Å². The third-order valence-corrected chi connectivity index (χ3v) is 5.60. The number of carboxylic acids is 1. The van der Waals surface area contributed by atoms with Crippen LogP contribution in [0.4, 0.5) is 0 Å². The first-order valence-corrected chi connectivity index (χ1v) is 12.8. The Morgan fingerprint density at radius 2 is 0.931 bits per heavy atom. The van der Waals surface area contributed by atoms with Gasteiger partial charge in [0, 0.05) is 6.42 Å². The highest BCUT2D eigenvalue weighted by Crippen LogP contribution is 2.14. The van der Waals surface area contributed by atoms with Crippen molar-refractivity contribution in [2.75, 3.05) is 0 Å². The van der Waals surface area contributed by atoms with Crippen molar-refractivity contribution in [3.63, 3.8) is 0 Å². The summed E-state index contributed by atoms with van der Waals surface area (Å²) < 4.78 is 0. The van der Waals surface area contributed by atoms with E-state index in [1.54, 1.807) is 0 Å². The SMILES string of the molecule is CCC=CCC=CCCCCCCCCCCCCCCCCCCCC(=O)O. The number of hydrogen-bond donors (Lipinski definition) is 1. The lowest BCUT2D eigenvalue weighted by molar-refractivity contribution is -0.137. The minimum absolute atomic E-state index is 0.342. The molecule has 0 saturated heterocycles. The van der Waals surface area contributed by atoms with E-state index in [4.69, 9.17) is 5.11 Å². The molecule has 0 aliphatic carbocycles. The predicted molar refractivity (Wildman–Crippen MR) is 129 cm³/mol. The number of unbranched alkanes of at least 4 members (excludes halogenated alkanes) is 17. The fourth-order valence-electron chi connectivity index (χ4n) is 3.75. The standard InChI is InChI=1S/C27H50O2/c1-2-3-4-5-6-7-8-9-10-11-12-13-14-15-16-17-18-19-20-21-22-23-24-25-26-27(28)29/h3-4,6-7H,2,5,8-26H2,1H3,(H,28,29). The second-order valence-corrected chi connectivity index (χ2v) is 8.53. The Balaban J connectivity index is 3.06. The molecular weight excluding hydrogens is 356 g/mol. The van der Waals surface area contributed by atoms with Crippen LogP contribution in [0.5, 0.6) is 0 Å². The van der Waals surface area contributed by atoms with Crippen LogP contribution >= 0.6 is 0 Å². The zero-order valence-electron chi connectivity index (χ0n) is 19.5. The molecule has 0 aromatic rings. The number of rotatable bonds is 23. The summed E-state index contributed by atoms with van der Waals surface area (Å²) in [5.74, 6) is -0.653. The highest BCUT2D eigenvalue weighted by Gasteiger charge is 1.97. The fraction of sp³-hybridized carbons (Fsp3) is 0.815. The van der Waals surface area contributed by atoms with Gasteiger partial charge in [0.1, 0.15) is 0 Å². The highest BCUT2D eigenvalue weighted by molar-refractivity contribution is 5.66. The quantitative estimate of drug-likeness (QED) is 0.135. The Morgan fingerprint density at radius 3 is 1.34 bits per heavy atom. The van der Waals surface area contributed by atoms with E-state index >= 15 is 0 Å². The van der Waals surface area contributed by atoms with E-state index in [-0.39, 0.29) is 0 Å². The van der Waals surface area contributed by atoms with Gasteiger partial charge in [-0.3, -0.25) is 4.79 Å². The van der Waals surface area contributed by atoms with Crippen molar-refractivity contribution in [3.05, 3.63) is 24.3 Å². The third-order valence-electron chi connectivity index (χ3n) is 5.60. The highest BCUT2D eigenvalue weighted by atomic mass is 16.4. The maximum atomic E-state index is 10.4. The van der Waals surface area contributed by atoms with Gasteiger partial charge >= 0.3 is 5.97 Å². The normalized spacial score (nSPS) is 11.8. The molecule has 0 amide bonds. The summed E-state index contributed by atoms with van der Waals surface area (Å²) in [6.07, 6.45) is 35.6. The Labute approximate surface area is 182 Å². The summed E-state index contributed by atoms with van der Waals surface area (Å²) in [6, 6.07) is 0. The monoisotopic (exact) mass is 406 g/mol. The maximum Gasteiger partial charge on any atom is 0.303 e. The Morgan fingerprint density at radius 1 is 0.552 bits per heavy atom. The average Bonchev–Trinajstić information content (AvgIpc) is 2.71. The van der Waals surface area contributed by atoms with Gasteiger partial charge < -0.3 is 5.11 Å². The molecular formula is C27H50O2. The van der Waals surface area contributed by atoms with Crippen molar-refractivity contribution >= 4 is 5.97 Å². The molecule has 2 heteroatoms. The van der Waals surface area contributed by atoms with Gasteiger partial charge in [-0.1, -0.05) is 128 Å². The zero-order chi connectivity index (χ0) is 21.3. The van der Waals surface area contributed by atoms with Gasteiger partial charge in [-0.2, -0.15) is 0 Å². The topological polar surface area (TPSA) is 37.3 Å². The van der Waals surface area contributed by atoms with E-state index in [2.05, 4.69) is 31.2 Å². The lowest BCUT2D eigenvalue weighted by Crippen LogP contribution is -1.93. The summed E-state index contributed by atoms with van der Waals surface area (Å²) >= 11 is 0. The molecule has 0 spiro atoms. The van der Waals surface area contributed by atoms with Gasteiger partial charge in [0.25, 0.3) is 0 Å². The van der Waals surface area contributed by atoms with Crippen LogP contribution in [0, 0.1) is 0 Å². The van der Waals surface area contributed by atoms with Crippen LogP contribution in [0.25, 0.3) is 0 Å². The molecule has 29 heavy (non-hydrogen) atoms. The van der Waals surface area contributed by atoms with E-state index in [0.717, 1.165) is 25.7 Å². The maximum absolute atomic E-state index is 10.4. The largest absolute Gasteiger partial charge is 0.481 e. The Hall–Kier alpha value is -1.05. The molecule has 0 bridgehead atoms. The van der Waals surface area contributed by atoms with Crippen molar-refractivity contribution in [1.82, 2.24) is 0 Å². The summed E-state index contributed by atoms with van der Waals surface area (Å²) in [5.41, 5.74) is 0. The number of hydrogen-bond acceptors (Lipinski definition) is 1. The van der Waals surface area contributed by atoms with E-state index in [1.165, 1.54) is 103 Å². The van der Waals surface area contributed by atoms with Gasteiger partial charge in [-0.05, 0) is 32.1 Å². The van der Waals surface area contributed by atoms with Crippen LogP contribution < -0.4 is 0 Å². The molecule has 0 aliphatic heterocycles. The summed E-state index contributed by atoms with van der Waals surface area (Å²) in [6.45, 7) is 2.18. The number of carbonyl (C=O) groups is 1. The average molecular weight is 407 g/mol. The van der Waals surface area contributed by atoms with E-state index in [0.29, 0.717) is 6.42 Å². The first-order chi connectivity index (χ1) is 14.3. The summed E-state index contributed by atoms with van der Waals surface area (Å²) in [5, 5.41) is 8.59. The molecule has 0 aromatic heterocycles. The minimum atomic E-state index is -0.653. The first kappa shape index (κ1) is 27.9. The van der Waals surface area contributed by atoms with Gasteiger partial charge in [-0.15, -0.1) is 0 Å². The fourth-order valence-corrected chi connectivity index (χ4v) is 3.75. The van der Waals surface area contributed by atoms with E-state index in [1.807, 2.05) is 0 Å². The molecule has 0 atom stereocenters. The van der Waals surface area contributed by atoms with Gasteiger partial charge in [0.15, 0.2) is 0 Å². The molecule has 170 valence electrons. The molecule has 0 saturated carbocycles. The summed E-state index contributed by atoms with van der Waals surface area (Å²) in [4.78, 5) is 10.4. The third kappa shape index (κ3) is 26.9. The van der Waals surface area contributed by atoms with Crippen molar-refractivity contribution in [2.24, 2.45) is 0 Å². The lowest BCUT2D eigenvalue weighted by Gasteiger charge is -2.03. The first-order valence-electron chi connectivity index (χ1n) is 12.8. The molecule has 0 unspecified atom stereocenters. The minimum Gasteiger partial charge on any atom is -0.481 e. The van der Waals surface area contributed by atoms with E-state index < -0.39 is 5.97 Å². The number of allylic oxidation sites excluding steroid dienone is 4. The van der Waals surface area contributed by atoms with Crippen LogP contribution in [0.3, 0.4) is 0 Å². The molecule has 0 fully saturated rings. The van der Waals surface area contributed by atoms with E-state index in [9.17, 15) is 4.79 Å². The van der Waals surface area contributed by atoms with Crippen LogP contribution in [0.1, 0.15) is 142 Å². The number of aliphatic carboxylic acids is 1. The summed E-state index contributed by atoms with van der Waals surface area (Å²) in [7, 11) is 0. The van der Waals surface area contributed by atoms with Crippen LogP contribution in [0.15, 0.2) is 24.3 Å². The molecule has 0 aromatic carbocycles.